The Morgan fingerprint density at radius 1 is 1.14 bits per heavy atom. The Morgan fingerprint density at radius 3 is 2.55 bits per heavy atom. The Kier molecular flexibility index (Phi) is 6.91. The quantitative estimate of drug-likeness (QED) is 0.758. The SMILES string of the molecule is CCC1CCC(C(=O)N2CCO[C@@H](CN3CCCCC3)[C@@H]2c2cnn(C)c2)CC1. The van der Waals surface area contributed by atoms with E-state index < -0.39 is 0 Å². The van der Waals surface area contributed by atoms with Crippen LogP contribution in [-0.4, -0.2) is 64.4 Å². The predicted octanol–water partition coefficient (Wildman–Crippen LogP) is 3.39. The predicted molar refractivity (Wildman–Crippen MR) is 113 cm³/mol. The number of aromatic nitrogens is 2. The molecule has 0 radical (unpaired) electrons. The molecule has 0 bridgehead atoms. The van der Waals surface area contributed by atoms with Gasteiger partial charge in [-0.25, -0.2) is 0 Å². The molecule has 1 aromatic rings. The Hall–Kier alpha value is -1.40. The van der Waals surface area contributed by atoms with Gasteiger partial charge in [0, 0.05) is 37.8 Å². The molecule has 1 aromatic heterocycles. The van der Waals surface area contributed by atoms with Gasteiger partial charge in [-0.1, -0.05) is 19.8 Å². The van der Waals surface area contributed by atoms with Crippen molar-refractivity contribution >= 4 is 5.91 Å². The van der Waals surface area contributed by atoms with Crippen LogP contribution in [0.2, 0.25) is 0 Å². The maximum absolute atomic E-state index is 13.6. The van der Waals surface area contributed by atoms with Gasteiger partial charge in [0.15, 0.2) is 0 Å². The molecule has 162 valence electrons. The number of aryl methyl sites for hydroxylation is 1. The van der Waals surface area contributed by atoms with E-state index >= 15 is 0 Å². The molecule has 6 heteroatoms. The Balaban J connectivity index is 1.51. The molecule has 0 spiro atoms. The van der Waals surface area contributed by atoms with Crippen LogP contribution in [0.1, 0.15) is 69.9 Å². The zero-order valence-corrected chi connectivity index (χ0v) is 18.3. The van der Waals surface area contributed by atoms with Gasteiger partial charge in [0.25, 0.3) is 0 Å². The molecule has 3 aliphatic rings. The third-order valence-electron chi connectivity index (χ3n) is 7.36. The molecule has 29 heavy (non-hydrogen) atoms. The van der Waals surface area contributed by atoms with Crippen LogP contribution >= 0.6 is 0 Å². The van der Waals surface area contributed by atoms with E-state index in [-0.39, 0.29) is 18.1 Å². The molecule has 4 rings (SSSR count). The van der Waals surface area contributed by atoms with Gasteiger partial charge in [0.05, 0.1) is 24.9 Å². The minimum absolute atomic E-state index is 0.0178. The fourth-order valence-corrected chi connectivity index (χ4v) is 5.57. The normalized spacial score (nSPS) is 31.7. The largest absolute Gasteiger partial charge is 0.373 e. The molecule has 2 saturated heterocycles. The fraction of sp³-hybridized carbons (Fsp3) is 0.826. The molecular weight excluding hydrogens is 364 g/mol. The third-order valence-corrected chi connectivity index (χ3v) is 7.36. The maximum Gasteiger partial charge on any atom is 0.226 e. The topological polar surface area (TPSA) is 50.6 Å². The van der Waals surface area contributed by atoms with Crippen molar-refractivity contribution in [1.82, 2.24) is 19.6 Å². The van der Waals surface area contributed by atoms with Gasteiger partial charge in [-0.3, -0.25) is 9.48 Å². The van der Waals surface area contributed by atoms with Gasteiger partial charge in [0.2, 0.25) is 5.91 Å². The monoisotopic (exact) mass is 402 g/mol. The van der Waals surface area contributed by atoms with E-state index in [1.807, 2.05) is 17.9 Å². The lowest BCUT2D eigenvalue weighted by Gasteiger charge is -2.44. The molecule has 0 N–H and O–H groups in total. The Bertz CT molecular complexity index is 662. The number of piperidine rings is 1. The highest BCUT2D eigenvalue weighted by Crippen LogP contribution is 2.36. The fourth-order valence-electron chi connectivity index (χ4n) is 5.57. The van der Waals surface area contributed by atoms with Gasteiger partial charge in [-0.05, 0) is 57.5 Å². The molecule has 2 atom stereocenters. The first kappa shape index (κ1) is 20.9. The van der Waals surface area contributed by atoms with Gasteiger partial charge in [0.1, 0.15) is 0 Å². The molecule has 3 fully saturated rings. The first-order chi connectivity index (χ1) is 14.2. The highest BCUT2D eigenvalue weighted by molar-refractivity contribution is 5.79. The first-order valence-electron chi connectivity index (χ1n) is 11.8. The number of morpholine rings is 1. The summed E-state index contributed by atoms with van der Waals surface area (Å²) >= 11 is 0. The number of rotatable bonds is 5. The van der Waals surface area contributed by atoms with Gasteiger partial charge >= 0.3 is 0 Å². The van der Waals surface area contributed by atoms with Crippen LogP contribution < -0.4 is 0 Å². The number of hydrogen-bond acceptors (Lipinski definition) is 4. The van der Waals surface area contributed by atoms with E-state index in [4.69, 9.17) is 4.74 Å². The minimum Gasteiger partial charge on any atom is -0.373 e. The molecule has 3 heterocycles. The number of amides is 1. The molecule has 1 saturated carbocycles. The number of carbonyl (C=O) groups excluding carboxylic acids is 1. The van der Waals surface area contributed by atoms with Crippen LogP contribution in [0.5, 0.6) is 0 Å². The Labute approximate surface area is 175 Å². The average molecular weight is 403 g/mol. The molecule has 6 nitrogen and oxygen atoms in total. The molecular formula is C23H38N4O2. The summed E-state index contributed by atoms with van der Waals surface area (Å²) in [6.45, 7) is 6.82. The molecule has 0 unspecified atom stereocenters. The van der Waals surface area contributed by atoms with Crippen molar-refractivity contribution in [2.24, 2.45) is 18.9 Å². The van der Waals surface area contributed by atoms with E-state index in [0.29, 0.717) is 19.1 Å². The van der Waals surface area contributed by atoms with Crippen LogP contribution in [0.4, 0.5) is 0 Å². The molecule has 0 aromatic carbocycles. The van der Waals surface area contributed by atoms with Crippen LogP contribution in [0.15, 0.2) is 12.4 Å². The summed E-state index contributed by atoms with van der Waals surface area (Å²) in [4.78, 5) is 18.3. The number of likely N-dealkylation sites (tertiary alicyclic amines) is 1. The third kappa shape index (κ3) is 4.85. The van der Waals surface area contributed by atoms with Crippen LogP contribution in [0, 0.1) is 11.8 Å². The van der Waals surface area contributed by atoms with Crippen molar-refractivity contribution < 1.29 is 9.53 Å². The number of nitrogens with zero attached hydrogens (tertiary/aromatic N) is 4. The zero-order chi connectivity index (χ0) is 20.2. The van der Waals surface area contributed by atoms with Crippen molar-refractivity contribution in [3.63, 3.8) is 0 Å². The van der Waals surface area contributed by atoms with E-state index in [1.54, 1.807) is 0 Å². The lowest BCUT2D eigenvalue weighted by Crippen LogP contribution is -2.53. The highest BCUT2D eigenvalue weighted by Gasteiger charge is 2.40. The van der Waals surface area contributed by atoms with Gasteiger partial charge in [-0.15, -0.1) is 0 Å². The summed E-state index contributed by atoms with van der Waals surface area (Å²) < 4.78 is 8.13. The molecule has 1 amide bonds. The van der Waals surface area contributed by atoms with Crippen LogP contribution in [-0.2, 0) is 16.6 Å². The summed E-state index contributed by atoms with van der Waals surface area (Å²) in [5, 5.41) is 4.41. The summed E-state index contributed by atoms with van der Waals surface area (Å²) in [6.07, 6.45) is 13.6. The number of ether oxygens (including phenoxy) is 1. The second-order valence-corrected chi connectivity index (χ2v) is 9.32. The number of carbonyl (C=O) groups is 1. The molecule has 2 aliphatic heterocycles. The summed E-state index contributed by atoms with van der Waals surface area (Å²) in [5.41, 5.74) is 1.12. The van der Waals surface area contributed by atoms with Crippen molar-refractivity contribution in [3.05, 3.63) is 18.0 Å². The van der Waals surface area contributed by atoms with Crippen molar-refractivity contribution in [3.8, 4) is 0 Å². The zero-order valence-electron chi connectivity index (χ0n) is 18.3. The lowest BCUT2D eigenvalue weighted by molar-refractivity contribution is -0.154. The smallest absolute Gasteiger partial charge is 0.226 e. The lowest BCUT2D eigenvalue weighted by atomic mass is 9.80. The van der Waals surface area contributed by atoms with E-state index in [1.165, 1.54) is 38.5 Å². The summed E-state index contributed by atoms with van der Waals surface area (Å²) in [7, 11) is 1.95. The average Bonchev–Trinajstić information content (AvgIpc) is 3.19. The number of hydrogen-bond donors (Lipinski definition) is 0. The van der Waals surface area contributed by atoms with Crippen molar-refractivity contribution in [1.29, 1.82) is 0 Å². The van der Waals surface area contributed by atoms with E-state index in [2.05, 4.69) is 28.0 Å². The Morgan fingerprint density at radius 2 is 1.90 bits per heavy atom. The molecule has 1 aliphatic carbocycles. The van der Waals surface area contributed by atoms with Crippen molar-refractivity contribution in [2.45, 2.75) is 70.4 Å². The second kappa shape index (κ2) is 9.61. The summed E-state index contributed by atoms with van der Waals surface area (Å²) in [5.74, 6) is 1.34. The van der Waals surface area contributed by atoms with Gasteiger partial charge in [-0.2, -0.15) is 5.10 Å². The van der Waals surface area contributed by atoms with Crippen molar-refractivity contribution in [2.75, 3.05) is 32.8 Å². The highest BCUT2D eigenvalue weighted by atomic mass is 16.5. The minimum atomic E-state index is -0.0178. The van der Waals surface area contributed by atoms with E-state index in [9.17, 15) is 4.79 Å². The maximum atomic E-state index is 13.6. The second-order valence-electron chi connectivity index (χ2n) is 9.32. The van der Waals surface area contributed by atoms with Gasteiger partial charge < -0.3 is 14.5 Å². The summed E-state index contributed by atoms with van der Waals surface area (Å²) in [6, 6.07) is -0.0178. The first-order valence-corrected chi connectivity index (χ1v) is 11.8. The van der Waals surface area contributed by atoms with Crippen LogP contribution in [0.3, 0.4) is 0 Å². The standard InChI is InChI=1S/C23H38N4O2/c1-3-18-7-9-19(10-8-18)23(28)27-13-14-29-21(17-26-11-5-4-6-12-26)22(27)20-15-24-25(2)16-20/h15-16,18-19,21-22H,3-14,17H2,1-2H3/t18?,19?,21-,22-/m0/s1. The van der Waals surface area contributed by atoms with E-state index in [0.717, 1.165) is 44.0 Å². The van der Waals surface area contributed by atoms with Crippen LogP contribution in [0.25, 0.3) is 0 Å².